The molecule has 118 valence electrons. The Kier molecular flexibility index (Phi) is 3.35. The van der Waals surface area contributed by atoms with Gasteiger partial charge in [0.15, 0.2) is 0 Å². The van der Waals surface area contributed by atoms with E-state index in [4.69, 9.17) is 4.74 Å². The number of fused-ring (bicyclic) bond motifs is 2. The fraction of sp³-hybridized carbons (Fsp3) is 0.200. The lowest BCUT2D eigenvalue weighted by atomic mass is 9.88. The summed E-state index contributed by atoms with van der Waals surface area (Å²) in [4.78, 5) is 11.3. The Morgan fingerprint density at radius 1 is 1.17 bits per heavy atom. The summed E-state index contributed by atoms with van der Waals surface area (Å²) in [6.45, 7) is 0.292. The fourth-order valence-corrected chi connectivity index (χ4v) is 3.20. The number of rotatable bonds is 2. The first-order valence-corrected chi connectivity index (χ1v) is 7.92. The molecular weight excluding hydrogens is 302 g/mol. The molecule has 0 atom stereocenters. The van der Waals surface area contributed by atoms with E-state index in [1.54, 1.807) is 18.2 Å². The van der Waals surface area contributed by atoms with Gasteiger partial charge in [0, 0.05) is 16.7 Å². The molecule has 24 heavy (non-hydrogen) atoms. The molecule has 0 aromatic heterocycles. The van der Waals surface area contributed by atoms with Crippen LogP contribution < -0.4 is 4.74 Å². The number of carboxylic acids is 1. The molecule has 1 fully saturated rings. The van der Waals surface area contributed by atoms with Crippen molar-refractivity contribution in [1.82, 2.24) is 0 Å². The number of aromatic carboxylic acids is 1. The summed E-state index contributed by atoms with van der Waals surface area (Å²) in [7, 11) is 0. The smallest absolute Gasteiger partial charge is 0.335 e. The summed E-state index contributed by atoms with van der Waals surface area (Å²) in [5.41, 5.74) is 4.50. The van der Waals surface area contributed by atoms with Crippen molar-refractivity contribution in [3.63, 3.8) is 0 Å². The predicted molar refractivity (Wildman–Crippen MR) is 88.5 cm³/mol. The topological polar surface area (TPSA) is 70.3 Å². The molecule has 0 spiro atoms. The molecule has 2 aromatic carbocycles. The second-order valence-corrected chi connectivity index (χ2v) is 6.14. The highest BCUT2D eigenvalue weighted by atomic mass is 16.5. The lowest BCUT2D eigenvalue weighted by Crippen LogP contribution is -2.02. The van der Waals surface area contributed by atoms with Crippen LogP contribution in [0, 0.1) is 17.2 Å². The minimum atomic E-state index is -0.965. The largest absolute Gasteiger partial charge is 0.488 e. The Morgan fingerprint density at radius 2 is 1.96 bits per heavy atom. The molecule has 4 heteroatoms. The van der Waals surface area contributed by atoms with Gasteiger partial charge in [0.05, 0.1) is 11.6 Å². The Morgan fingerprint density at radius 3 is 2.67 bits per heavy atom. The minimum absolute atomic E-state index is 0.229. The van der Waals surface area contributed by atoms with Crippen molar-refractivity contribution in [3.8, 4) is 11.8 Å². The van der Waals surface area contributed by atoms with Crippen LogP contribution >= 0.6 is 0 Å². The van der Waals surface area contributed by atoms with Crippen LogP contribution in [0.5, 0.6) is 5.75 Å². The van der Waals surface area contributed by atoms with E-state index in [2.05, 4.69) is 6.07 Å². The Hall–Kier alpha value is -3.06. The molecule has 1 aliphatic heterocycles. The van der Waals surface area contributed by atoms with Crippen molar-refractivity contribution in [3.05, 3.63) is 70.3 Å². The molecule has 4 nitrogen and oxygen atoms in total. The third kappa shape index (κ3) is 2.35. The number of hydrogen-bond acceptors (Lipinski definition) is 3. The van der Waals surface area contributed by atoms with Gasteiger partial charge in [0.1, 0.15) is 12.4 Å². The molecule has 1 heterocycles. The Bertz CT molecular complexity index is 917. The van der Waals surface area contributed by atoms with Gasteiger partial charge < -0.3 is 9.84 Å². The van der Waals surface area contributed by atoms with Crippen LogP contribution in [0.15, 0.2) is 48.0 Å². The highest BCUT2D eigenvalue weighted by Crippen LogP contribution is 2.45. The quantitative estimate of drug-likeness (QED) is 0.850. The Balaban J connectivity index is 2.01. The molecule has 0 amide bonds. The van der Waals surface area contributed by atoms with E-state index in [1.807, 2.05) is 24.3 Å². The zero-order valence-electron chi connectivity index (χ0n) is 13.0. The highest BCUT2D eigenvalue weighted by molar-refractivity contribution is 5.92. The van der Waals surface area contributed by atoms with Gasteiger partial charge in [-0.2, -0.15) is 5.26 Å². The number of ether oxygens (including phenoxy) is 1. The molecule has 1 N–H and O–H groups in total. The second-order valence-electron chi connectivity index (χ2n) is 6.14. The van der Waals surface area contributed by atoms with Gasteiger partial charge in [-0.3, -0.25) is 0 Å². The van der Waals surface area contributed by atoms with E-state index in [0.29, 0.717) is 12.5 Å². The first-order chi connectivity index (χ1) is 11.7. The number of carboxylic acid groups (broad SMARTS) is 1. The molecule has 0 saturated heterocycles. The van der Waals surface area contributed by atoms with E-state index in [1.165, 1.54) is 0 Å². The molecule has 2 aliphatic rings. The molecule has 2 aromatic rings. The van der Waals surface area contributed by atoms with Crippen LogP contribution in [0.3, 0.4) is 0 Å². The van der Waals surface area contributed by atoms with Crippen LogP contribution in [0.2, 0.25) is 0 Å². The zero-order chi connectivity index (χ0) is 16.7. The number of carbonyl (C=O) groups is 1. The molecule has 0 unspecified atom stereocenters. The summed E-state index contributed by atoms with van der Waals surface area (Å²) >= 11 is 0. The van der Waals surface area contributed by atoms with E-state index in [-0.39, 0.29) is 5.56 Å². The summed E-state index contributed by atoms with van der Waals surface area (Å²) < 4.78 is 5.90. The van der Waals surface area contributed by atoms with Crippen molar-refractivity contribution < 1.29 is 14.6 Å². The van der Waals surface area contributed by atoms with Gasteiger partial charge in [-0.05, 0) is 48.1 Å². The molecule has 1 saturated carbocycles. The lowest BCUT2D eigenvalue weighted by molar-refractivity contribution is 0.0696. The van der Waals surface area contributed by atoms with E-state index in [0.717, 1.165) is 46.4 Å². The first kappa shape index (κ1) is 14.5. The van der Waals surface area contributed by atoms with Crippen LogP contribution in [0.1, 0.15) is 39.9 Å². The molecule has 0 bridgehead atoms. The van der Waals surface area contributed by atoms with Crippen LogP contribution in [0.4, 0.5) is 0 Å². The van der Waals surface area contributed by atoms with E-state index in [9.17, 15) is 15.2 Å². The zero-order valence-corrected chi connectivity index (χ0v) is 13.0. The number of nitriles is 1. The van der Waals surface area contributed by atoms with E-state index >= 15 is 0 Å². The number of benzene rings is 2. The summed E-state index contributed by atoms with van der Waals surface area (Å²) in [5, 5.41) is 19.0. The van der Waals surface area contributed by atoms with Gasteiger partial charge in [0.25, 0.3) is 0 Å². The maximum atomic E-state index is 11.3. The van der Waals surface area contributed by atoms with Crippen LogP contribution in [-0.2, 0) is 6.61 Å². The molecule has 1 aliphatic carbocycles. The van der Waals surface area contributed by atoms with Gasteiger partial charge in [-0.1, -0.05) is 24.3 Å². The normalized spacial score (nSPS) is 17.6. The van der Waals surface area contributed by atoms with Crippen molar-refractivity contribution in [2.24, 2.45) is 5.92 Å². The highest BCUT2D eigenvalue weighted by Gasteiger charge is 2.32. The van der Waals surface area contributed by atoms with Gasteiger partial charge in [0.2, 0.25) is 0 Å². The summed E-state index contributed by atoms with van der Waals surface area (Å²) in [6, 6.07) is 15.1. The SMILES string of the molecule is N#C/C(=C1\c2ccc(C(=O)O)cc2COc2ccccc21)C1CC1. The standard InChI is InChI=1S/C20H15NO3/c21-10-17(12-5-6-12)19-15-8-7-13(20(22)23)9-14(15)11-24-18-4-2-1-3-16(18)19/h1-4,7-9,12H,5-6,11H2,(H,22,23)/b19-17-. The number of allylic oxidation sites excluding steroid dienone is 1. The van der Waals surface area contributed by atoms with Crippen molar-refractivity contribution in [2.75, 3.05) is 0 Å². The fourth-order valence-electron chi connectivity index (χ4n) is 3.20. The molecule has 0 radical (unpaired) electrons. The van der Waals surface area contributed by atoms with Crippen LogP contribution in [0.25, 0.3) is 5.57 Å². The first-order valence-electron chi connectivity index (χ1n) is 7.92. The summed E-state index contributed by atoms with van der Waals surface area (Å²) in [6.07, 6.45) is 2.05. The van der Waals surface area contributed by atoms with E-state index < -0.39 is 5.97 Å². The number of nitrogens with zero attached hydrogens (tertiary/aromatic N) is 1. The number of hydrogen-bond donors (Lipinski definition) is 1. The van der Waals surface area contributed by atoms with Gasteiger partial charge in [-0.25, -0.2) is 4.79 Å². The Labute approximate surface area is 139 Å². The van der Waals surface area contributed by atoms with Crippen molar-refractivity contribution in [1.29, 1.82) is 5.26 Å². The maximum absolute atomic E-state index is 11.3. The van der Waals surface area contributed by atoms with Crippen molar-refractivity contribution in [2.45, 2.75) is 19.4 Å². The van der Waals surface area contributed by atoms with Crippen molar-refractivity contribution >= 4 is 11.5 Å². The lowest BCUT2D eigenvalue weighted by Gasteiger charge is -2.13. The van der Waals surface area contributed by atoms with Crippen LogP contribution in [-0.4, -0.2) is 11.1 Å². The maximum Gasteiger partial charge on any atom is 0.335 e. The number of para-hydroxylation sites is 1. The third-order valence-corrected chi connectivity index (χ3v) is 4.54. The molecular formula is C20H15NO3. The molecule has 4 rings (SSSR count). The minimum Gasteiger partial charge on any atom is -0.488 e. The third-order valence-electron chi connectivity index (χ3n) is 4.54. The van der Waals surface area contributed by atoms with Gasteiger partial charge in [-0.15, -0.1) is 0 Å². The average molecular weight is 317 g/mol. The second kappa shape index (κ2) is 5.54. The average Bonchev–Trinajstić information content (AvgIpc) is 3.43. The monoisotopic (exact) mass is 317 g/mol. The predicted octanol–water partition coefficient (Wildman–Crippen LogP) is 4.01. The summed E-state index contributed by atoms with van der Waals surface area (Å²) in [5.74, 6) is 0.0601. The van der Waals surface area contributed by atoms with Gasteiger partial charge >= 0.3 is 5.97 Å².